The average Bonchev–Trinajstić information content (AvgIpc) is 2.83. The van der Waals surface area contributed by atoms with Crippen LogP contribution in [0, 0.1) is 5.92 Å². The molecule has 0 aromatic heterocycles. The summed E-state index contributed by atoms with van der Waals surface area (Å²) in [6.07, 6.45) is -3.10. The van der Waals surface area contributed by atoms with Crippen LogP contribution in [0.15, 0.2) is 0 Å². The molecule has 0 amide bonds. The standard InChI is InChI=1S/C12H22F3N3O/c13-12(14,15)9-18-4-2-17(3-5-18)7-11(16)10-1-6-19-8-10/h10-11H,1-9,16H2. The van der Waals surface area contributed by atoms with E-state index >= 15 is 0 Å². The van der Waals surface area contributed by atoms with Crippen LogP contribution in [0.1, 0.15) is 6.42 Å². The highest BCUT2D eigenvalue weighted by atomic mass is 19.4. The Balaban J connectivity index is 1.68. The van der Waals surface area contributed by atoms with Crippen molar-refractivity contribution < 1.29 is 17.9 Å². The van der Waals surface area contributed by atoms with Gasteiger partial charge < -0.3 is 10.5 Å². The fraction of sp³-hybridized carbons (Fsp3) is 1.00. The minimum absolute atomic E-state index is 0.0664. The molecule has 2 aliphatic rings. The maximum Gasteiger partial charge on any atom is 0.401 e. The molecule has 2 aliphatic heterocycles. The van der Waals surface area contributed by atoms with E-state index in [1.54, 1.807) is 0 Å². The van der Waals surface area contributed by atoms with E-state index in [2.05, 4.69) is 4.90 Å². The van der Waals surface area contributed by atoms with Crippen LogP contribution in [-0.2, 0) is 4.74 Å². The molecule has 2 rings (SSSR count). The Bertz CT molecular complexity index is 274. The van der Waals surface area contributed by atoms with Crippen LogP contribution >= 0.6 is 0 Å². The van der Waals surface area contributed by atoms with Gasteiger partial charge in [-0.2, -0.15) is 13.2 Å². The van der Waals surface area contributed by atoms with Gasteiger partial charge in [-0.05, 0) is 6.42 Å². The van der Waals surface area contributed by atoms with Crippen molar-refractivity contribution in [3.63, 3.8) is 0 Å². The second-order valence-corrected chi connectivity index (χ2v) is 5.48. The molecule has 19 heavy (non-hydrogen) atoms. The summed E-state index contributed by atoms with van der Waals surface area (Å²) in [4.78, 5) is 3.62. The molecule has 0 bridgehead atoms. The smallest absolute Gasteiger partial charge is 0.381 e. The van der Waals surface area contributed by atoms with Gasteiger partial charge in [0, 0.05) is 51.3 Å². The van der Waals surface area contributed by atoms with Crippen LogP contribution in [0.25, 0.3) is 0 Å². The zero-order chi connectivity index (χ0) is 13.9. The lowest BCUT2D eigenvalue weighted by atomic mass is 9.99. The molecule has 2 heterocycles. The number of halogens is 3. The Morgan fingerprint density at radius 1 is 1.16 bits per heavy atom. The summed E-state index contributed by atoms with van der Waals surface area (Å²) in [7, 11) is 0. The van der Waals surface area contributed by atoms with E-state index in [-0.39, 0.29) is 6.04 Å². The molecule has 2 unspecified atom stereocenters. The summed E-state index contributed by atoms with van der Waals surface area (Å²) in [6, 6.07) is 0.0664. The van der Waals surface area contributed by atoms with Crippen molar-refractivity contribution in [1.29, 1.82) is 0 Å². The largest absolute Gasteiger partial charge is 0.401 e. The summed E-state index contributed by atoms with van der Waals surface area (Å²) < 4.78 is 42.1. The number of rotatable bonds is 4. The maximum atomic E-state index is 12.3. The van der Waals surface area contributed by atoms with Gasteiger partial charge in [0.25, 0.3) is 0 Å². The van der Waals surface area contributed by atoms with Gasteiger partial charge in [0.1, 0.15) is 0 Å². The lowest BCUT2D eigenvalue weighted by Gasteiger charge is -2.36. The highest BCUT2D eigenvalue weighted by Crippen LogP contribution is 2.19. The van der Waals surface area contributed by atoms with Gasteiger partial charge in [0.15, 0.2) is 0 Å². The molecule has 0 aromatic carbocycles. The monoisotopic (exact) mass is 281 g/mol. The van der Waals surface area contributed by atoms with E-state index in [0.717, 1.165) is 26.2 Å². The van der Waals surface area contributed by atoms with Crippen molar-refractivity contribution in [1.82, 2.24) is 9.80 Å². The van der Waals surface area contributed by atoms with Crippen molar-refractivity contribution in [2.45, 2.75) is 18.6 Å². The molecule has 2 N–H and O–H groups in total. The molecule has 2 fully saturated rings. The Hall–Kier alpha value is -0.370. The summed E-state index contributed by atoms with van der Waals surface area (Å²) in [5, 5.41) is 0. The molecule has 4 nitrogen and oxygen atoms in total. The lowest BCUT2D eigenvalue weighted by molar-refractivity contribution is -0.149. The Kier molecular flexibility index (Phi) is 5.05. The highest BCUT2D eigenvalue weighted by molar-refractivity contribution is 4.82. The SMILES string of the molecule is NC(CN1CCN(CC(F)(F)F)CC1)C1CCOC1. The van der Waals surface area contributed by atoms with Crippen LogP contribution < -0.4 is 5.73 Å². The van der Waals surface area contributed by atoms with Crippen molar-refractivity contribution in [3.8, 4) is 0 Å². The molecule has 0 spiro atoms. The molecule has 7 heteroatoms. The van der Waals surface area contributed by atoms with E-state index in [0.29, 0.717) is 32.1 Å². The maximum absolute atomic E-state index is 12.3. The number of nitrogens with two attached hydrogens (primary N) is 1. The van der Waals surface area contributed by atoms with Gasteiger partial charge in [-0.3, -0.25) is 9.80 Å². The Morgan fingerprint density at radius 3 is 2.32 bits per heavy atom. The van der Waals surface area contributed by atoms with Crippen molar-refractivity contribution in [3.05, 3.63) is 0 Å². The molecular weight excluding hydrogens is 259 g/mol. The Labute approximate surface area is 111 Å². The molecule has 0 saturated carbocycles. The number of alkyl halides is 3. The van der Waals surface area contributed by atoms with Crippen LogP contribution in [0.4, 0.5) is 13.2 Å². The number of nitrogens with zero attached hydrogens (tertiary/aromatic N) is 2. The first kappa shape index (κ1) is 15.0. The first-order valence-electron chi connectivity index (χ1n) is 6.79. The van der Waals surface area contributed by atoms with Gasteiger partial charge in [-0.15, -0.1) is 0 Å². The molecule has 2 atom stereocenters. The van der Waals surface area contributed by atoms with Crippen molar-refractivity contribution >= 4 is 0 Å². The number of hydrogen-bond donors (Lipinski definition) is 1. The molecule has 0 radical (unpaired) electrons. The average molecular weight is 281 g/mol. The minimum atomic E-state index is -4.10. The summed E-state index contributed by atoms with van der Waals surface area (Å²) >= 11 is 0. The van der Waals surface area contributed by atoms with Crippen molar-refractivity contribution in [2.75, 3.05) is 52.5 Å². The zero-order valence-electron chi connectivity index (χ0n) is 11.0. The second kappa shape index (κ2) is 6.39. The quantitative estimate of drug-likeness (QED) is 0.816. The third-order valence-corrected chi connectivity index (χ3v) is 3.91. The summed E-state index contributed by atoms with van der Waals surface area (Å²) in [5.74, 6) is 0.396. The predicted octanol–water partition coefficient (Wildman–Crippen LogP) is 0.530. The van der Waals surface area contributed by atoms with Gasteiger partial charge in [-0.25, -0.2) is 0 Å². The third-order valence-electron chi connectivity index (χ3n) is 3.91. The molecule has 0 aromatic rings. The van der Waals surface area contributed by atoms with Crippen LogP contribution in [0.2, 0.25) is 0 Å². The zero-order valence-corrected chi connectivity index (χ0v) is 11.0. The topological polar surface area (TPSA) is 41.7 Å². The number of hydrogen-bond acceptors (Lipinski definition) is 4. The van der Waals surface area contributed by atoms with Gasteiger partial charge >= 0.3 is 6.18 Å². The van der Waals surface area contributed by atoms with Gasteiger partial charge in [0.05, 0.1) is 13.2 Å². The van der Waals surface area contributed by atoms with Gasteiger partial charge in [0.2, 0.25) is 0 Å². The van der Waals surface area contributed by atoms with Gasteiger partial charge in [-0.1, -0.05) is 0 Å². The number of piperazine rings is 1. The third kappa shape index (κ3) is 4.91. The van der Waals surface area contributed by atoms with E-state index in [1.165, 1.54) is 4.90 Å². The Morgan fingerprint density at radius 2 is 1.79 bits per heavy atom. The predicted molar refractivity (Wildman–Crippen MR) is 65.8 cm³/mol. The molecule has 2 saturated heterocycles. The van der Waals surface area contributed by atoms with Crippen LogP contribution in [-0.4, -0.2) is 74.5 Å². The summed E-state index contributed by atoms with van der Waals surface area (Å²) in [5.41, 5.74) is 6.13. The normalized spacial score (nSPS) is 28.7. The second-order valence-electron chi connectivity index (χ2n) is 5.48. The fourth-order valence-corrected chi connectivity index (χ4v) is 2.72. The minimum Gasteiger partial charge on any atom is -0.381 e. The summed E-state index contributed by atoms with van der Waals surface area (Å²) in [6.45, 7) is 3.71. The van der Waals surface area contributed by atoms with E-state index in [1.807, 2.05) is 0 Å². The number of ether oxygens (including phenoxy) is 1. The van der Waals surface area contributed by atoms with Crippen LogP contribution in [0.3, 0.4) is 0 Å². The molecular formula is C12H22F3N3O. The lowest BCUT2D eigenvalue weighted by Crippen LogP contribution is -2.52. The fourth-order valence-electron chi connectivity index (χ4n) is 2.72. The van der Waals surface area contributed by atoms with E-state index < -0.39 is 12.7 Å². The van der Waals surface area contributed by atoms with Crippen LogP contribution in [0.5, 0.6) is 0 Å². The first-order chi connectivity index (χ1) is 8.94. The first-order valence-corrected chi connectivity index (χ1v) is 6.79. The molecule has 112 valence electrons. The highest BCUT2D eigenvalue weighted by Gasteiger charge is 2.32. The molecule has 0 aliphatic carbocycles. The van der Waals surface area contributed by atoms with Crippen molar-refractivity contribution in [2.24, 2.45) is 11.7 Å². The van der Waals surface area contributed by atoms with E-state index in [4.69, 9.17) is 10.5 Å². The van der Waals surface area contributed by atoms with E-state index in [9.17, 15) is 13.2 Å².